The molecule has 2 rings (SSSR count). The van der Waals surface area contributed by atoms with E-state index >= 15 is 0 Å². The van der Waals surface area contributed by atoms with Crippen LogP contribution in [0.15, 0.2) is 42.5 Å². The number of methoxy groups -OCH3 is 2. The predicted molar refractivity (Wildman–Crippen MR) is 96.2 cm³/mol. The van der Waals surface area contributed by atoms with Gasteiger partial charge in [0.15, 0.2) is 0 Å². The van der Waals surface area contributed by atoms with E-state index in [-0.39, 0.29) is 24.8 Å². The zero-order valence-electron chi connectivity index (χ0n) is 14.2. The SMILES string of the molecule is COc1cc(NC(=O)CCN)ccc1NC(=O)c1ccccc1OC. The lowest BCUT2D eigenvalue weighted by molar-refractivity contribution is -0.116. The lowest BCUT2D eigenvalue weighted by Gasteiger charge is -2.13. The third-order valence-corrected chi connectivity index (χ3v) is 3.46. The highest BCUT2D eigenvalue weighted by Gasteiger charge is 2.14. The molecule has 0 unspecified atom stereocenters. The summed E-state index contributed by atoms with van der Waals surface area (Å²) in [4.78, 5) is 24.1. The fourth-order valence-corrected chi connectivity index (χ4v) is 2.25. The molecule has 0 radical (unpaired) electrons. The Hall–Kier alpha value is -3.06. The maximum Gasteiger partial charge on any atom is 0.259 e. The van der Waals surface area contributed by atoms with Gasteiger partial charge in [0.25, 0.3) is 5.91 Å². The molecule has 25 heavy (non-hydrogen) atoms. The Morgan fingerprint density at radius 2 is 1.72 bits per heavy atom. The summed E-state index contributed by atoms with van der Waals surface area (Å²) in [5.41, 5.74) is 6.81. The number of benzene rings is 2. The molecule has 0 bridgehead atoms. The molecule has 7 nitrogen and oxygen atoms in total. The van der Waals surface area contributed by atoms with E-state index in [2.05, 4.69) is 10.6 Å². The minimum Gasteiger partial charge on any atom is -0.496 e. The Bertz CT molecular complexity index is 762. The molecular formula is C18H21N3O4. The minimum absolute atomic E-state index is 0.185. The number of para-hydroxylation sites is 1. The van der Waals surface area contributed by atoms with E-state index in [1.54, 1.807) is 42.5 Å². The Morgan fingerprint density at radius 3 is 2.40 bits per heavy atom. The van der Waals surface area contributed by atoms with Crippen molar-refractivity contribution in [2.45, 2.75) is 6.42 Å². The average Bonchev–Trinajstić information content (AvgIpc) is 2.63. The number of ether oxygens (including phenoxy) is 2. The standard InChI is InChI=1S/C18H21N3O4/c1-24-15-6-4-3-5-13(15)18(23)21-14-8-7-12(11-16(14)25-2)20-17(22)9-10-19/h3-8,11H,9-10,19H2,1-2H3,(H,20,22)(H,21,23). The van der Waals surface area contributed by atoms with Crippen LogP contribution in [0.25, 0.3) is 0 Å². The van der Waals surface area contributed by atoms with Crippen LogP contribution < -0.4 is 25.8 Å². The van der Waals surface area contributed by atoms with E-state index in [1.165, 1.54) is 14.2 Å². The Morgan fingerprint density at radius 1 is 1.00 bits per heavy atom. The van der Waals surface area contributed by atoms with E-state index in [0.717, 1.165) is 0 Å². The second kappa shape index (κ2) is 8.70. The van der Waals surface area contributed by atoms with Gasteiger partial charge in [0.1, 0.15) is 11.5 Å². The average molecular weight is 343 g/mol. The van der Waals surface area contributed by atoms with Crippen molar-refractivity contribution in [3.63, 3.8) is 0 Å². The third-order valence-electron chi connectivity index (χ3n) is 3.46. The molecule has 0 atom stereocenters. The lowest BCUT2D eigenvalue weighted by Crippen LogP contribution is -2.16. The lowest BCUT2D eigenvalue weighted by atomic mass is 10.1. The van der Waals surface area contributed by atoms with Crippen LogP contribution in [0.1, 0.15) is 16.8 Å². The molecule has 2 aromatic rings. The van der Waals surface area contributed by atoms with Crippen LogP contribution in [0.3, 0.4) is 0 Å². The van der Waals surface area contributed by atoms with Crippen molar-refractivity contribution in [3.05, 3.63) is 48.0 Å². The maximum absolute atomic E-state index is 12.5. The highest BCUT2D eigenvalue weighted by molar-refractivity contribution is 6.07. The van der Waals surface area contributed by atoms with Crippen molar-refractivity contribution >= 4 is 23.2 Å². The van der Waals surface area contributed by atoms with Crippen LogP contribution in [0.2, 0.25) is 0 Å². The molecule has 0 spiro atoms. The van der Waals surface area contributed by atoms with Gasteiger partial charge in [-0.2, -0.15) is 0 Å². The summed E-state index contributed by atoms with van der Waals surface area (Å²) in [7, 11) is 2.99. The topological polar surface area (TPSA) is 103 Å². The quantitative estimate of drug-likeness (QED) is 0.715. The summed E-state index contributed by atoms with van der Waals surface area (Å²) >= 11 is 0. The molecular weight excluding hydrogens is 322 g/mol. The van der Waals surface area contributed by atoms with Gasteiger partial charge in [-0.05, 0) is 24.3 Å². The third kappa shape index (κ3) is 4.71. The largest absolute Gasteiger partial charge is 0.496 e. The van der Waals surface area contributed by atoms with Crippen LogP contribution in [0, 0.1) is 0 Å². The summed E-state index contributed by atoms with van der Waals surface area (Å²) in [6.07, 6.45) is 0.231. The predicted octanol–water partition coefficient (Wildman–Crippen LogP) is 2.24. The number of nitrogens with two attached hydrogens (primary N) is 1. The number of nitrogens with one attached hydrogen (secondary N) is 2. The van der Waals surface area contributed by atoms with Gasteiger partial charge in [-0.25, -0.2) is 0 Å². The second-order valence-electron chi connectivity index (χ2n) is 5.16. The number of carbonyl (C=O) groups excluding carboxylic acids is 2. The van der Waals surface area contributed by atoms with Crippen molar-refractivity contribution in [1.29, 1.82) is 0 Å². The summed E-state index contributed by atoms with van der Waals surface area (Å²) in [6, 6.07) is 11.9. The molecule has 7 heteroatoms. The van der Waals surface area contributed by atoms with Crippen molar-refractivity contribution < 1.29 is 19.1 Å². The fraction of sp³-hybridized carbons (Fsp3) is 0.222. The van der Waals surface area contributed by atoms with Crippen molar-refractivity contribution in [1.82, 2.24) is 0 Å². The molecule has 0 aromatic heterocycles. The normalized spacial score (nSPS) is 10.0. The van der Waals surface area contributed by atoms with E-state index < -0.39 is 0 Å². The minimum atomic E-state index is -0.323. The van der Waals surface area contributed by atoms with E-state index in [1.807, 2.05) is 0 Å². The van der Waals surface area contributed by atoms with Crippen LogP contribution in [0.4, 0.5) is 11.4 Å². The van der Waals surface area contributed by atoms with Gasteiger partial charge in [-0.1, -0.05) is 12.1 Å². The molecule has 0 fully saturated rings. The highest BCUT2D eigenvalue weighted by Crippen LogP contribution is 2.29. The first-order valence-electron chi connectivity index (χ1n) is 7.71. The first kappa shape index (κ1) is 18.3. The van der Waals surface area contributed by atoms with E-state index in [9.17, 15) is 9.59 Å². The van der Waals surface area contributed by atoms with Gasteiger partial charge in [0, 0.05) is 24.7 Å². The monoisotopic (exact) mass is 343 g/mol. The summed E-state index contributed by atoms with van der Waals surface area (Å²) in [6.45, 7) is 0.274. The van der Waals surface area contributed by atoms with Gasteiger partial charge < -0.3 is 25.8 Å². The molecule has 2 amide bonds. The van der Waals surface area contributed by atoms with E-state index in [0.29, 0.717) is 28.4 Å². The molecule has 4 N–H and O–H groups in total. The first-order valence-corrected chi connectivity index (χ1v) is 7.71. The van der Waals surface area contributed by atoms with Gasteiger partial charge in [-0.15, -0.1) is 0 Å². The van der Waals surface area contributed by atoms with E-state index in [4.69, 9.17) is 15.2 Å². The first-order chi connectivity index (χ1) is 12.1. The van der Waals surface area contributed by atoms with Crippen LogP contribution >= 0.6 is 0 Å². The Balaban J connectivity index is 2.19. The zero-order valence-corrected chi connectivity index (χ0v) is 14.2. The number of carbonyl (C=O) groups is 2. The smallest absolute Gasteiger partial charge is 0.259 e. The van der Waals surface area contributed by atoms with Crippen molar-refractivity contribution in [3.8, 4) is 11.5 Å². The van der Waals surface area contributed by atoms with Gasteiger partial charge in [-0.3, -0.25) is 9.59 Å². The number of hydrogen-bond donors (Lipinski definition) is 3. The molecule has 0 saturated heterocycles. The van der Waals surface area contributed by atoms with Gasteiger partial charge >= 0.3 is 0 Å². The van der Waals surface area contributed by atoms with Crippen LogP contribution in [0.5, 0.6) is 11.5 Å². The van der Waals surface area contributed by atoms with Gasteiger partial charge in [0.2, 0.25) is 5.91 Å². The second-order valence-corrected chi connectivity index (χ2v) is 5.16. The number of anilines is 2. The van der Waals surface area contributed by atoms with Crippen molar-refractivity contribution in [2.75, 3.05) is 31.4 Å². The summed E-state index contributed by atoms with van der Waals surface area (Å²) in [5.74, 6) is 0.393. The number of rotatable bonds is 7. The molecule has 0 aliphatic rings. The van der Waals surface area contributed by atoms with Crippen molar-refractivity contribution in [2.24, 2.45) is 5.73 Å². The van der Waals surface area contributed by atoms with Gasteiger partial charge in [0.05, 0.1) is 25.5 Å². The van der Waals surface area contributed by atoms with Crippen LogP contribution in [-0.2, 0) is 4.79 Å². The molecule has 0 saturated carbocycles. The fourth-order valence-electron chi connectivity index (χ4n) is 2.25. The molecule has 2 aromatic carbocycles. The molecule has 0 aliphatic carbocycles. The maximum atomic E-state index is 12.5. The van der Waals surface area contributed by atoms with Crippen LogP contribution in [-0.4, -0.2) is 32.6 Å². The number of amides is 2. The zero-order chi connectivity index (χ0) is 18.2. The highest BCUT2D eigenvalue weighted by atomic mass is 16.5. The molecule has 0 heterocycles. The summed E-state index contributed by atoms with van der Waals surface area (Å²) < 4.78 is 10.5. The summed E-state index contributed by atoms with van der Waals surface area (Å²) in [5, 5.41) is 5.50. The Kier molecular flexibility index (Phi) is 6.36. The number of hydrogen-bond acceptors (Lipinski definition) is 5. The Labute approximate surface area is 146 Å². The molecule has 132 valence electrons. The molecule has 0 aliphatic heterocycles.